The van der Waals surface area contributed by atoms with E-state index in [1.54, 1.807) is 29.6 Å². The number of benzene rings is 2. The first-order chi connectivity index (χ1) is 13.5. The SMILES string of the molecule is O=C(Nc1ccc(NC(=S)NCCc2ccc(F)c(F)c2)cc1)c1csnn1. The molecule has 3 aromatic rings. The molecule has 0 radical (unpaired) electrons. The number of rotatable bonds is 6. The van der Waals surface area contributed by atoms with Gasteiger partial charge in [-0.3, -0.25) is 4.79 Å². The number of amides is 1. The van der Waals surface area contributed by atoms with Crippen LogP contribution in [0.3, 0.4) is 0 Å². The highest BCUT2D eigenvalue weighted by Gasteiger charge is 2.09. The molecule has 0 fully saturated rings. The molecule has 0 aliphatic heterocycles. The van der Waals surface area contributed by atoms with Gasteiger partial charge in [-0.15, -0.1) is 5.10 Å². The first-order valence-electron chi connectivity index (χ1n) is 8.18. The number of aromatic nitrogens is 2. The number of carbonyl (C=O) groups is 1. The summed E-state index contributed by atoms with van der Waals surface area (Å²) in [6.45, 7) is 0.465. The zero-order valence-corrected chi connectivity index (χ0v) is 16.0. The second-order valence-corrected chi connectivity index (χ2v) is 6.72. The summed E-state index contributed by atoms with van der Waals surface area (Å²) in [5.41, 5.74) is 2.28. The molecule has 0 saturated heterocycles. The van der Waals surface area contributed by atoms with Gasteiger partial charge < -0.3 is 16.0 Å². The third-order valence-electron chi connectivity index (χ3n) is 3.68. The second-order valence-electron chi connectivity index (χ2n) is 5.70. The Hall–Kier alpha value is -2.98. The Kier molecular flexibility index (Phi) is 6.56. The van der Waals surface area contributed by atoms with Crippen LogP contribution in [0.25, 0.3) is 0 Å². The second kappa shape index (κ2) is 9.29. The van der Waals surface area contributed by atoms with Crippen LogP contribution in [0.5, 0.6) is 0 Å². The highest BCUT2D eigenvalue weighted by molar-refractivity contribution is 7.80. The summed E-state index contributed by atoms with van der Waals surface area (Å²) in [6.07, 6.45) is 0.496. The molecule has 28 heavy (non-hydrogen) atoms. The molecular formula is C18H15F2N5OS2. The molecular weight excluding hydrogens is 404 g/mol. The van der Waals surface area contributed by atoms with E-state index >= 15 is 0 Å². The predicted molar refractivity (Wildman–Crippen MR) is 109 cm³/mol. The molecule has 0 unspecified atom stereocenters. The lowest BCUT2D eigenvalue weighted by molar-refractivity contribution is 0.102. The molecule has 10 heteroatoms. The van der Waals surface area contributed by atoms with Gasteiger partial charge in [0.15, 0.2) is 22.4 Å². The molecule has 1 amide bonds. The van der Waals surface area contributed by atoms with Gasteiger partial charge in [0.25, 0.3) is 5.91 Å². The largest absolute Gasteiger partial charge is 0.362 e. The molecule has 1 heterocycles. The first-order valence-corrected chi connectivity index (χ1v) is 9.43. The van der Waals surface area contributed by atoms with E-state index in [-0.39, 0.29) is 11.6 Å². The maximum Gasteiger partial charge on any atom is 0.277 e. The van der Waals surface area contributed by atoms with Gasteiger partial charge in [0.2, 0.25) is 0 Å². The van der Waals surface area contributed by atoms with Crippen LogP contribution in [0.2, 0.25) is 0 Å². The number of hydrogen-bond acceptors (Lipinski definition) is 5. The van der Waals surface area contributed by atoms with Crippen LogP contribution in [0.4, 0.5) is 20.2 Å². The van der Waals surface area contributed by atoms with Gasteiger partial charge in [-0.2, -0.15) is 0 Å². The van der Waals surface area contributed by atoms with Gasteiger partial charge >= 0.3 is 0 Å². The maximum atomic E-state index is 13.2. The molecule has 2 aromatic carbocycles. The maximum absolute atomic E-state index is 13.2. The van der Waals surface area contributed by atoms with E-state index in [9.17, 15) is 13.6 Å². The number of carbonyl (C=O) groups excluding carboxylic acids is 1. The summed E-state index contributed by atoms with van der Waals surface area (Å²) >= 11 is 6.32. The van der Waals surface area contributed by atoms with E-state index in [1.807, 2.05) is 0 Å². The molecule has 6 nitrogen and oxygen atoms in total. The highest BCUT2D eigenvalue weighted by Crippen LogP contribution is 2.14. The zero-order valence-electron chi connectivity index (χ0n) is 14.4. The number of hydrogen-bond donors (Lipinski definition) is 3. The molecule has 144 valence electrons. The fourth-order valence-electron chi connectivity index (χ4n) is 2.29. The van der Waals surface area contributed by atoms with Crippen molar-refractivity contribution >= 4 is 46.1 Å². The molecule has 0 aliphatic carbocycles. The quantitative estimate of drug-likeness (QED) is 0.530. The summed E-state index contributed by atoms with van der Waals surface area (Å²) in [6, 6.07) is 10.8. The average molecular weight is 419 g/mol. The summed E-state index contributed by atoms with van der Waals surface area (Å²) in [7, 11) is 0. The lowest BCUT2D eigenvalue weighted by Crippen LogP contribution is -2.30. The van der Waals surface area contributed by atoms with Crippen molar-refractivity contribution in [3.8, 4) is 0 Å². The summed E-state index contributed by atoms with van der Waals surface area (Å²) in [5, 5.41) is 14.4. The van der Waals surface area contributed by atoms with Gasteiger partial charge in [-0.25, -0.2) is 8.78 Å². The van der Waals surface area contributed by atoms with Crippen LogP contribution in [0, 0.1) is 11.6 Å². The Morgan fingerprint density at radius 3 is 2.39 bits per heavy atom. The standard InChI is InChI=1S/C18H15F2N5OS2/c19-14-6-1-11(9-15(14)20)7-8-21-18(27)23-13-4-2-12(3-5-13)22-17(26)16-10-28-25-24-16/h1-6,9-10H,7-8H2,(H,22,26)(H2,21,23,27). The molecule has 0 aliphatic rings. The molecule has 0 bridgehead atoms. The number of halogens is 2. The van der Waals surface area contributed by atoms with E-state index in [0.717, 1.165) is 23.3 Å². The minimum absolute atomic E-state index is 0.263. The van der Waals surface area contributed by atoms with Gasteiger partial charge in [0.05, 0.1) is 0 Å². The molecule has 0 atom stereocenters. The zero-order chi connectivity index (χ0) is 19.9. The fourth-order valence-corrected chi connectivity index (χ4v) is 2.94. The topological polar surface area (TPSA) is 78.9 Å². The first kappa shape index (κ1) is 19.8. The molecule has 3 N–H and O–H groups in total. The Morgan fingerprint density at radius 2 is 1.75 bits per heavy atom. The Labute approximate surface area is 169 Å². The van der Waals surface area contributed by atoms with E-state index in [2.05, 4.69) is 25.5 Å². The third-order valence-corrected chi connectivity index (χ3v) is 4.43. The van der Waals surface area contributed by atoms with E-state index < -0.39 is 11.6 Å². The number of nitrogens with one attached hydrogen (secondary N) is 3. The lowest BCUT2D eigenvalue weighted by atomic mass is 10.1. The molecule has 0 spiro atoms. The average Bonchev–Trinajstić information content (AvgIpc) is 3.21. The summed E-state index contributed by atoms with van der Waals surface area (Å²) < 4.78 is 29.7. The smallest absolute Gasteiger partial charge is 0.277 e. The minimum atomic E-state index is -0.864. The summed E-state index contributed by atoms with van der Waals surface area (Å²) in [4.78, 5) is 11.9. The van der Waals surface area contributed by atoms with Crippen molar-refractivity contribution in [1.29, 1.82) is 0 Å². The Bertz CT molecular complexity index is 965. The number of nitrogens with zero attached hydrogens (tertiary/aromatic N) is 2. The van der Waals surface area contributed by atoms with Crippen LogP contribution in [-0.4, -0.2) is 27.2 Å². The van der Waals surface area contributed by atoms with Crippen molar-refractivity contribution in [2.45, 2.75) is 6.42 Å². The Balaban J connectivity index is 1.45. The molecule has 3 rings (SSSR count). The Morgan fingerprint density at radius 1 is 1.04 bits per heavy atom. The number of thiocarbonyl (C=S) groups is 1. The molecule has 1 aromatic heterocycles. The van der Waals surface area contributed by atoms with Crippen molar-refractivity contribution in [1.82, 2.24) is 14.9 Å². The van der Waals surface area contributed by atoms with Crippen molar-refractivity contribution < 1.29 is 13.6 Å². The van der Waals surface area contributed by atoms with Crippen molar-refractivity contribution in [2.75, 3.05) is 17.2 Å². The van der Waals surface area contributed by atoms with Gasteiger partial charge in [0.1, 0.15) is 0 Å². The van der Waals surface area contributed by atoms with Gasteiger partial charge in [0, 0.05) is 23.3 Å². The minimum Gasteiger partial charge on any atom is -0.362 e. The lowest BCUT2D eigenvalue weighted by Gasteiger charge is -2.11. The van der Waals surface area contributed by atoms with E-state index in [1.165, 1.54) is 12.1 Å². The number of anilines is 2. The third kappa shape index (κ3) is 5.51. The summed E-state index contributed by atoms with van der Waals surface area (Å²) in [5.74, 6) is -2.06. The van der Waals surface area contributed by atoms with Crippen LogP contribution < -0.4 is 16.0 Å². The van der Waals surface area contributed by atoms with Gasteiger partial charge in [-0.1, -0.05) is 10.6 Å². The van der Waals surface area contributed by atoms with Crippen LogP contribution in [0.1, 0.15) is 16.1 Å². The monoisotopic (exact) mass is 419 g/mol. The van der Waals surface area contributed by atoms with Crippen molar-refractivity contribution in [3.63, 3.8) is 0 Å². The van der Waals surface area contributed by atoms with Gasteiger partial charge in [-0.05, 0) is 72.1 Å². The van der Waals surface area contributed by atoms with Crippen LogP contribution in [-0.2, 0) is 6.42 Å². The van der Waals surface area contributed by atoms with Crippen molar-refractivity contribution in [3.05, 3.63) is 70.7 Å². The fraction of sp³-hybridized carbons (Fsp3) is 0.111. The normalized spacial score (nSPS) is 10.4. The van der Waals surface area contributed by atoms with Crippen molar-refractivity contribution in [2.24, 2.45) is 0 Å². The highest BCUT2D eigenvalue weighted by atomic mass is 32.1. The van der Waals surface area contributed by atoms with E-state index in [4.69, 9.17) is 12.2 Å². The van der Waals surface area contributed by atoms with E-state index in [0.29, 0.717) is 29.3 Å². The predicted octanol–water partition coefficient (Wildman–Crippen LogP) is 3.60. The van der Waals surface area contributed by atoms with Crippen LogP contribution in [0.15, 0.2) is 47.8 Å². The molecule has 0 saturated carbocycles. The van der Waals surface area contributed by atoms with Crippen LogP contribution >= 0.6 is 23.8 Å².